The zero-order valence-corrected chi connectivity index (χ0v) is 59.0. The number of rotatable bonds is 26. The molecular weight excluding hydrogens is 1280 g/mol. The Morgan fingerprint density at radius 1 is 0.699 bits per heavy atom. The Balaban J connectivity index is 1.07. The fraction of sp³-hybridized carbons (Fsp3) is 0.431. The number of amides is 1. The van der Waals surface area contributed by atoms with Gasteiger partial charge in [-0.25, -0.2) is 31.5 Å². The van der Waals surface area contributed by atoms with Gasteiger partial charge in [-0.05, 0) is 114 Å². The van der Waals surface area contributed by atoms with Crippen molar-refractivity contribution in [2.75, 3.05) is 45.9 Å². The average Bonchev–Trinajstić information content (AvgIpc) is 1.76. The number of fused-ring (bicyclic) bond motifs is 2. The summed E-state index contributed by atoms with van der Waals surface area (Å²) in [5.74, 6) is 1.16. The molecule has 2 unspecified atom stereocenters. The number of hydrogen-bond acceptors (Lipinski definition) is 19. The van der Waals surface area contributed by atoms with Gasteiger partial charge in [0.25, 0.3) is 5.91 Å². The van der Waals surface area contributed by atoms with Crippen LogP contribution in [-0.2, 0) is 63.1 Å². The minimum absolute atomic E-state index is 0.114. The first-order valence-electron chi connectivity index (χ1n) is 30.4. The Hall–Kier alpha value is -6.61. The summed E-state index contributed by atoms with van der Waals surface area (Å²) in [6.45, 7) is 25.5. The van der Waals surface area contributed by atoms with Crippen molar-refractivity contribution in [1.29, 1.82) is 0 Å². The quantitative estimate of drug-likeness (QED) is 0.0168. The normalized spacial score (nSPS) is 21.4. The first-order chi connectivity index (χ1) is 44.2. The predicted molar refractivity (Wildman–Crippen MR) is 359 cm³/mol. The number of nitrogens with zero attached hydrogens (tertiary/aromatic N) is 8. The fourth-order valence-electron chi connectivity index (χ4n) is 10.9. The molecule has 2 N–H and O–H groups in total. The van der Waals surface area contributed by atoms with E-state index in [4.69, 9.17) is 79.0 Å². The highest BCUT2D eigenvalue weighted by Crippen LogP contribution is 2.57. The van der Waals surface area contributed by atoms with Crippen LogP contribution in [-0.4, -0.2) is 139 Å². The molecule has 2 fully saturated rings. The number of aryl methyl sites for hydroxylation is 1. The highest BCUT2D eigenvalue weighted by atomic mass is 32.5. The zero-order chi connectivity index (χ0) is 66.7. The second-order valence-corrected chi connectivity index (χ2v) is 38.9. The van der Waals surface area contributed by atoms with Crippen LogP contribution in [0.5, 0.6) is 11.5 Å². The molecule has 6 heterocycles. The lowest BCUT2D eigenvalue weighted by atomic mass is 9.80. The molecule has 0 saturated carbocycles. The number of anilines is 1. The molecule has 4 aromatic carbocycles. The molecule has 0 bridgehead atoms. The third kappa shape index (κ3) is 14.8. The molecule has 1 amide bonds. The standard InChI is InChI=1S/C65H79N9O14P2SSi2/c1-42-52-59(70-39-67-42)74(41-71-52)61-55(54(87-92(11,12)63(2,3)4)50(83-61)37-80-65(44-23-19-16-20-24-44,45-25-29-47(78-9)30-26-45)46-27-31-48(79-10)32-28-46)86-90(91,81-36-34-66-8)82-38-51-53(85-89(76)77)56(88-93(13,14)64(5,6)7)62(84-51)73-35-33-49-57(68-40-69-58(49)73)72-60(75)43-21-17-15-18-22-43/h15-33,35,39-41,50-51,53-56,61-62H,34,36-38H2,1-7,9-14H3,(H-,68,69,72,75,76,77)/p+1/t50-,51-,53-,54-,55-,56-,61-,62-,90?/m1/s1. The van der Waals surface area contributed by atoms with E-state index in [0.29, 0.717) is 45.0 Å². The number of carbonyl (C=O) groups is 1. The highest BCUT2D eigenvalue weighted by molar-refractivity contribution is 8.07. The Labute approximate surface area is 550 Å². The van der Waals surface area contributed by atoms with E-state index in [1.54, 1.807) is 66.2 Å². The maximum atomic E-state index is 13.5. The summed E-state index contributed by atoms with van der Waals surface area (Å²) in [6, 6.07) is 35.9. The van der Waals surface area contributed by atoms with Gasteiger partial charge in [-0.1, -0.05) is 114 Å². The molecule has 10 atom stereocenters. The number of imidazole rings is 1. The van der Waals surface area contributed by atoms with Crippen LogP contribution in [0.3, 0.4) is 0 Å². The van der Waals surface area contributed by atoms with Crippen LogP contribution in [0.25, 0.3) is 27.0 Å². The molecule has 10 rings (SSSR count). The SMILES string of the molecule is [C-]#[N+]CCOP(=S)(OC[C@H]1O[C@@H](n2ccc3c(NC(=O)c4ccccc4)ncnc32)[C@H](O[Si](C)(C)C(C)(C)C)[C@@H]1O[P+](=O)O)O[C@@H]1[C@H](O[Si](C)(C)C(C)(C)C)[C@@H](COC(c2ccccc2)(c2ccc(OC)cc2)c2ccc(OC)cc2)O[C@H]1n1cnc2c(C)ncnc21. The van der Waals surface area contributed by atoms with Crippen molar-refractivity contribution in [3.8, 4) is 11.5 Å². The molecule has 2 saturated heterocycles. The van der Waals surface area contributed by atoms with E-state index in [0.717, 1.165) is 16.7 Å². The second kappa shape index (κ2) is 28.4. The summed E-state index contributed by atoms with van der Waals surface area (Å²) >= 11 is 6.55. The summed E-state index contributed by atoms with van der Waals surface area (Å²) in [5, 5.41) is 2.65. The molecule has 492 valence electrons. The monoisotopic (exact) mass is 1360 g/mol. The minimum Gasteiger partial charge on any atom is -0.497 e. The van der Waals surface area contributed by atoms with E-state index in [9.17, 15) is 14.3 Å². The maximum Gasteiger partial charge on any atom is 0.695 e. The number of hydrogen-bond donors (Lipinski definition) is 2. The second-order valence-electron chi connectivity index (χ2n) is 25.8. The fourth-order valence-corrected chi connectivity index (χ4v) is 16.0. The number of aromatic nitrogens is 7. The van der Waals surface area contributed by atoms with E-state index in [2.05, 4.69) is 79.8 Å². The predicted octanol–water partition coefficient (Wildman–Crippen LogP) is 13.0. The van der Waals surface area contributed by atoms with Crippen LogP contribution in [0.2, 0.25) is 36.3 Å². The minimum atomic E-state index is -4.21. The lowest BCUT2D eigenvalue weighted by Gasteiger charge is -2.42. The molecule has 0 spiro atoms. The van der Waals surface area contributed by atoms with Gasteiger partial charge in [-0.3, -0.25) is 13.9 Å². The topological polar surface area (TPSA) is 247 Å². The van der Waals surface area contributed by atoms with E-state index in [1.165, 1.54) is 12.7 Å². The van der Waals surface area contributed by atoms with Gasteiger partial charge in [-0.2, -0.15) is 0 Å². The molecular formula is C65H80N9O14P2SSi2+. The zero-order valence-electron chi connectivity index (χ0n) is 54.4. The summed E-state index contributed by atoms with van der Waals surface area (Å²) in [4.78, 5) is 50.9. The molecule has 23 nitrogen and oxygen atoms in total. The average molecular weight is 1360 g/mol. The van der Waals surface area contributed by atoms with Gasteiger partial charge >= 0.3 is 15.0 Å². The van der Waals surface area contributed by atoms with Crippen molar-refractivity contribution in [3.05, 3.63) is 180 Å². The lowest BCUT2D eigenvalue weighted by Crippen LogP contribution is -2.51. The summed E-state index contributed by atoms with van der Waals surface area (Å²) < 4.78 is 91.5. The Bertz CT molecular complexity index is 3960. The summed E-state index contributed by atoms with van der Waals surface area (Å²) in [5.41, 5.74) is 3.42. The van der Waals surface area contributed by atoms with Crippen molar-refractivity contribution < 1.29 is 64.9 Å². The van der Waals surface area contributed by atoms with Crippen LogP contribution in [0, 0.1) is 13.5 Å². The molecule has 2 aliphatic heterocycles. The summed E-state index contributed by atoms with van der Waals surface area (Å²) in [6.07, 6.45) is -2.82. The molecule has 0 radical (unpaired) electrons. The number of nitrogens with one attached hydrogen (secondary N) is 1. The Morgan fingerprint density at radius 2 is 1.25 bits per heavy atom. The van der Waals surface area contributed by atoms with Gasteiger partial charge in [0.15, 0.2) is 40.8 Å². The summed E-state index contributed by atoms with van der Waals surface area (Å²) in [7, 11) is -5.76. The largest absolute Gasteiger partial charge is 0.695 e. The highest BCUT2D eigenvalue weighted by Gasteiger charge is 2.58. The van der Waals surface area contributed by atoms with Gasteiger partial charge in [0.2, 0.25) is 6.54 Å². The molecule has 28 heteroatoms. The number of methoxy groups -OCH3 is 2. The first kappa shape index (κ1) is 69.2. The van der Waals surface area contributed by atoms with E-state index in [-0.39, 0.29) is 41.6 Å². The molecule has 93 heavy (non-hydrogen) atoms. The van der Waals surface area contributed by atoms with Gasteiger partial charge in [0.05, 0.1) is 44.8 Å². The third-order valence-corrected chi connectivity index (χ3v) is 29.6. The first-order valence-corrected chi connectivity index (χ1v) is 39.9. The molecule has 4 aromatic heterocycles. The van der Waals surface area contributed by atoms with Crippen molar-refractivity contribution in [2.45, 2.75) is 139 Å². The van der Waals surface area contributed by atoms with Crippen molar-refractivity contribution in [2.24, 2.45) is 0 Å². The number of benzene rings is 4. The van der Waals surface area contributed by atoms with Gasteiger partial charge in [0, 0.05) is 16.3 Å². The number of ether oxygens (including phenoxy) is 5. The van der Waals surface area contributed by atoms with Crippen LogP contribution in [0.4, 0.5) is 5.82 Å². The van der Waals surface area contributed by atoms with Crippen molar-refractivity contribution in [1.82, 2.24) is 34.1 Å². The van der Waals surface area contributed by atoms with Crippen LogP contribution < -0.4 is 14.8 Å². The van der Waals surface area contributed by atoms with Crippen LogP contribution in [0.1, 0.15) is 86.7 Å². The van der Waals surface area contributed by atoms with Crippen molar-refractivity contribution >= 4 is 77.3 Å². The van der Waals surface area contributed by atoms with Gasteiger partial charge in [0.1, 0.15) is 83.9 Å². The lowest BCUT2D eigenvalue weighted by molar-refractivity contribution is -0.0930. The van der Waals surface area contributed by atoms with Crippen LogP contribution >= 0.6 is 15.0 Å². The number of carbonyl (C=O) groups excluding carboxylic acids is 1. The van der Waals surface area contributed by atoms with Crippen molar-refractivity contribution in [3.63, 3.8) is 0 Å². The Morgan fingerprint density at radius 3 is 1.83 bits per heavy atom. The molecule has 0 aliphatic carbocycles. The third-order valence-electron chi connectivity index (χ3n) is 17.9. The smallest absolute Gasteiger partial charge is 0.497 e. The molecule has 8 aromatic rings. The maximum absolute atomic E-state index is 13.5. The van der Waals surface area contributed by atoms with E-state index in [1.807, 2.05) is 105 Å². The van der Waals surface area contributed by atoms with Gasteiger partial charge < -0.3 is 56.3 Å². The van der Waals surface area contributed by atoms with E-state index >= 15 is 0 Å². The van der Waals surface area contributed by atoms with Gasteiger partial charge in [-0.15, -0.1) is 9.42 Å². The van der Waals surface area contributed by atoms with E-state index < -0.39 is 92.9 Å². The molecule has 2 aliphatic rings. The van der Waals surface area contributed by atoms with Crippen LogP contribution in [0.15, 0.2) is 140 Å². The Kier molecular flexibility index (Phi) is 21.1.